The second-order valence-electron chi connectivity index (χ2n) is 7.35. The SMILES string of the molecule is O=C(CSc1nnc(-c2ccccc2Cl)n1C1CCCC1)Nc1cc([N+](=O)[O-])ccc1F. The fraction of sp³-hybridized carbons (Fsp3) is 0.286. The summed E-state index contributed by atoms with van der Waals surface area (Å²) >= 11 is 7.56. The monoisotopic (exact) mass is 475 g/mol. The highest BCUT2D eigenvalue weighted by Crippen LogP contribution is 2.38. The number of nitrogens with zero attached hydrogens (tertiary/aromatic N) is 4. The number of halogens is 2. The minimum atomic E-state index is -0.746. The zero-order chi connectivity index (χ0) is 22.7. The minimum Gasteiger partial charge on any atom is -0.323 e. The van der Waals surface area contributed by atoms with E-state index in [0.29, 0.717) is 16.0 Å². The van der Waals surface area contributed by atoms with Gasteiger partial charge in [-0.15, -0.1) is 10.2 Å². The van der Waals surface area contributed by atoms with Crippen molar-refractivity contribution in [2.24, 2.45) is 0 Å². The molecule has 1 aliphatic rings. The molecule has 2 aromatic carbocycles. The third kappa shape index (κ3) is 4.76. The van der Waals surface area contributed by atoms with Gasteiger partial charge >= 0.3 is 0 Å². The topological polar surface area (TPSA) is 103 Å². The summed E-state index contributed by atoms with van der Waals surface area (Å²) in [5.41, 5.74) is 0.224. The standard InChI is InChI=1S/C21H19ClFN5O3S/c22-16-8-4-3-7-15(16)20-25-26-21(27(20)13-5-1-2-6-13)32-12-19(29)24-18-11-14(28(30)31)9-10-17(18)23/h3-4,7-11,13H,1-2,5-6,12H2,(H,24,29). The first-order valence-corrected chi connectivity index (χ1v) is 11.4. The first-order valence-electron chi connectivity index (χ1n) is 10.0. The van der Waals surface area contributed by atoms with E-state index in [4.69, 9.17) is 11.6 Å². The zero-order valence-corrected chi connectivity index (χ0v) is 18.4. The average Bonchev–Trinajstić information content (AvgIpc) is 3.43. The van der Waals surface area contributed by atoms with Gasteiger partial charge in [0.05, 0.1) is 21.4 Å². The number of rotatable bonds is 7. The molecule has 11 heteroatoms. The van der Waals surface area contributed by atoms with Gasteiger partial charge in [-0.2, -0.15) is 0 Å². The fourth-order valence-electron chi connectivity index (χ4n) is 3.73. The highest BCUT2D eigenvalue weighted by molar-refractivity contribution is 7.99. The van der Waals surface area contributed by atoms with Gasteiger partial charge in [-0.3, -0.25) is 19.5 Å². The number of hydrogen-bond donors (Lipinski definition) is 1. The van der Waals surface area contributed by atoms with E-state index in [0.717, 1.165) is 49.4 Å². The van der Waals surface area contributed by atoms with Gasteiger partial charge < -0.3 is 5.32 Å². The van der Waals surface area contributed by atoms with Crippen molar-refractivity contribution in [1.29, 1.82) is 0 Å². The second-order valence-corrected chi connectivity index (χ2v) is 8.70. The number of carbonyl (C=O) groups is 1. The normalized spacial score (nSPS) is 13.9. The zero-order valence-electron chi connectivity index (χ0n) is 16.8. The third-order valence-electron chi connectivity index (χ3n) is 5.24. The van der Waals surface area contributed by atoms with Gasteiger partial charge in [0.2, 0.25) is 5.91 Å². The van der Waals surface area contributed by atoms with Crippen LogP contribution in [0.15, 0.2) is 47.6 Å². The van der Waals surface area contributed by atoms with Gasteiger partial charge in [-0.25, -0.2) is 4.39 Å². The van der Waals surface area contributed by atoms with Crippen molar-refractivity contribution in [2.75, 3.05) is 11.1 Å². The Balaban J connectivity index is 1.53. The molecule has 1 aromatic heterocycles. The lowest BCUT2D eigenvalue weighted by atomic mass is 10.2. The smallest absolute Gasteiger partial charge is 0.271 e. The Bertz CT molecular complexity index is 1170. The number of nitro groups is 1. The molecular formula is C21H19ClFN5O3S. The Kier molecular flexibility index (Phi) is 6.71. The van der Waals surface area contributed by atoms with Crippen LogP contribution in [0.25, 0.3) is 11.4 Å². The van der Waals surface area contributed by atoms with Crippen molar-refractivity contribution in [3.63, 3.8) is 0 Å². The van der Waals surface area contributed by atoms with Crippen LogP contribution < -0.4 is 5.32 Å². The molecule has 0 unspecified atom stereocenters. The molecule has 1 aliphatic carbocycles. The number of carbonyl (C=O) groups excluding carboxylic acids is 1. The van der Waals surface area contributed by atoms with E-state index in [2.05, 4.69) is 15.5 Å². The van der Waals surface area contributed by atoms with Crippen molar-refractivity contribution < 1.29 is 14.1 Å². The van der Waals surface area contributed by atoms with Crippen molar-refractivity contribution >= 4 is 40.6 Å². The molecule has 0 spiro atoms. The molecule has 0 bridgehead atoms. The lowest BCUT2D eigenvalue weighted by molar-refractivity contribution is -0.384. The molecule has 1 N–H and O–H groups in total. The van der Waals surface area contributed by atoms with Gasteiger partial charge in [-0.1, -0.05) is 48.3 Å². The number of nitro benzene ring substituents is 1. The Hall–Kier alpha value is -2.98. The Morgan fingerprint density at radius 3 is 2.72 bits per heavy atom. The maximum atomic E-state index is 14.0. The Morgan fingerprint density at radius 2 is 2.00 bits per heavy atom. The summed E-state index contributed by atoms with van der Waals surface area (Å²) in [5.74, 6) is -0.663. The molecule has 0 saturated heterocycles. The van der Waals surface area contributed by atoms with E-state index >= 15 is 0 Å². The van der Waals surface area contributed by atoms with Crippen LogP contribution in [0.5, 0.6) is 0 Å². The highest BCUT2D eigenvalue weighted by atomic mass is 35.5. The second kappa shape index (κ2) is 9.66. The molecule has 1 saturated carbocycles. The van der Waals surface area contributed by atoms with Crippen LogP contribution in [-0.4, -0.2) is 31.3 Å². The molecule has 4 rings (SSSR count). The summed E-state index contributed by atoms with van der Waals surface area (Å²) < 4.78 is 16.0. The van der Waals surface area contributed by atoms with Gasteiger partial charge in [-0.05, 0) is 31.0 Å². The number of non-ortho nitro benzene ring substituents is 1. The van der Waals surface area contributed by atoms with Crippen LogP contribution in [0, 0.1) is 15.9 Å². The molecule has 1 amide bonds. The van der Waals surface area contributed by atoms with E-state index in [-0.39, 0.29) is 23.2 Å². The molecule has 32 heavy (non-hydrogen) atoms. The number of anilines is 1. The molecule has 1 heterocycles. The molecule has 0 aliphatic heterocycles. The third-order valence-corrected chi connectivity index (χ3v) is 6.51. The average molecular weight is 476 g/mol. The van der Waals surface area contributed by atoms with Crippen LogP contribution in [0.3, 0.4) is 0 Å². The van der Waals surface area contributed by atoms with Crippen LogP contribution >= 0.6 is 23.4 Å². The summed E-state index contributed by atoms with van der Waals surface area (Å²) in [6.45, 7) is 0. The maximum absolute atomic E-state index is 14.0. The summed E-state index contributed by atoms with van der Waals surface area (Å²) in [6, 6.07) is 10.6. The Morgan fingerprint density at radius 1 is 1.25 bits per heavy atom. The van der Waals surface area contributed by atoms with Gasteiger partial charge in [0.1, 0.15) is 5.82 Å². The predicted molar refractivity (Wildman–Crippen MR) is 120 cm³/mol. The minimum absolute atomic E-state index is 0.0600. The number of benzene rings is 2. The first-order chi connectivity index (χ1) is 15.4. The van der Waals surface area contributed by atoms with Crippen molar-refractivity contribution in [2.45, 2.75) is 36.9 Å². The molecule has 3 aromatic rings. The summed E-state index contributed by atoms with van der Waals surface area (Å²) in [4.78, 5) is 22.7. The quantitative estimate of drug-likeness (QED) is 0.275. The lowest BCUT2D eigenvalue weighted by Crippen LogP contribution is -2.16. The van der Waals surface area contributed by atoms with E-state index in [1.165, 1.54) is 11.8 Å². The van der Waals surface area contributed by atoms with Crippen molar-refractivity contribution in [3.8, 4) is 11.4 Å². The number of hydrogen-bond acceptors (Lipinski definition) is 6. The number of thioether (sulfide) groups is 1. The highest BCUT2D eigenvalue weighted by Gasteiger charge is 2.26. The lowest BCUT2D eigenvalue weighted by Gasteiger charge is -2.17. The molecule has 0 atom stereocenters. The van der Waals surface area contributed by atoms with E-state index in [9.17, 15) is 19.3 Å². The predicted octanol–water partition coefficient (Wildman–Crippen LogP) is 5.49. The van der Waals surface area contributed by atoms with E-state index < -0.39 is 16.6 Å². The Labute approximate surface area is 192 Å². The van der Waals surface area contributed by atoms with Crippen LogP contribution in [-0.2, 0) is 4.79 Å². The van der Waals surface area contributed by atoms with Crippen LogP contribution in [0.1, 0.15) is 31.7 Å². The summed E-state index contributed by atoms with van der Waals surface area (Å²) in [5, 5.41) is 23.1. The van der Waals surface area contributed by atoms with Gasteiger partial charge in [0.25, 0.3) is 5.69 Å². The van der Waals surface area contributed by atoms with Crippen molar-refractivity contribution in [3.05, 3.63) is 63.4 Å². The first kappa shape index (κ1) is 22.2. The molecule has 1 fully saturated rings. The fourth-order valence-corrected chi connectivity index (χ4v) is 4.76. The number of nitrogens with one attached hydrogen (secondary N) is 1. The molecule has 8 nitrogen and oxygen atoms in total. The van der Waals surface area contributed by atoms with Gasteiger partial charge in [0, 0.05) is 23.7 Å². The van der Waals surface area contributed by atoms with E-state index in [1.807, 2.05) is 22.8 Å². The van der Waals surface area contributed by atoms with Crippen LogP contribution in [0.4, 0.5) is 15.8 Å². The van der Waals surface area contributed by atoms with E-state index in [1.54, 1.807) is 6.07 Å². The molecular weight excluding hydrogens is 457 g/mol. The summed E-state index contributed by atoms with van der Waals surface area (Å²) in [7, 11) is 0. The van der Waals surface area contributed by atoms with Crippen molar-refractivity contribution in [1.82, 2.24) is 14.8 Å². The van der Waals surface area contributed by atoms with Crippen LogP contribution in [0.2, 0.25) is 5.02 Å². The largest absolute Gasteiger partial charge is 0.323 e. The molecule has 166 valence electrons. The summed E-state index contributed by atoms with van der Waals surface area (Å²) in [6.07, 6.45) is 4.16. The number of aromatic nitrogens is 3. The molecule has 0 radical (unpaired) electrons. The maximum Gasteiger partial charge on any atom is 0.271 e. The van der Waals surface area contributed by atoms with Gasteiger partial charge in [0.15, 0.2) is 11.0 Å². The number of amides is 1.